The van der Waals surface area contributed by atoms with Crippen molar-refractivity contribution in [3.8, 4) is 44.5 Å². The summed E-state index contributed by atoms with van der Waals surface area (Å²) in [6, 6.07) is 24.8. The van der Waals surface area contributed by atoms with Crippen molar-refractivity contribution in [1.29, 1.82) is 0 Å². The van der Waals surface area contributed by atoms with Gasteiger partial charge in [0.2, 0.25) is 0 Å². The lowest BCUT2D eigenvalue weighted by Crippen LogP contribution is -1.96. The van der Waals surface area contributed by atoms with E-state index < -0.39 is 0 Å². The van der Waals surface area contributed by atoms with Crippen LogP contribution in [-0.2, 0) is 0 Å². The van der Waals surface area contributed by atoms with Gasteiger partial charge in [0.1, 0.15) is 0 Å². The van der Waals surface area contributed by atoms with Crippen molar-refractivity contribution in [3.05, 3.63) is 93.2 Å². The lowest BCUT2D eigenvalue weighted by molar-refractivity contribution is 1.55. The van der Waals surface area contributed by atoms with E-state index >= 15 is 0 Å². The summed E-state index contributed by atoms with van der Waals surface area (Å²) in [6.45, 7) is 0. The molecule has 6 aromatic rings. The van der Waals surface area contributed by atoms with Crippen molar-refractivity contribution >= 4 is 21.5 Å². The molecule has 2 heteroatoms. The van der Waals surface area contributed by atoms with Crippen LogP contribution in [0, 0.1) is 0 Å². The third-order valence-electron chi connectivity index (χ3n) is 6.18. The number of rotatable bonds is 0. The molecule has 0 bridgehead atoms. The van der Waals surface area contributed by atoms with Gasteiger partial charge in [-0.15, -0.1) is 0 Å². The highest BCUT2D eigenvalue weighted by atomic mass is 16.1. The third-order valence-corrected chi connectivity index (χ3v) is 6.18. The molecular weight excluding hydrogens is 344 g/mol. The van der Waals surface area contributed by atoms with E-state index in [1.807, 2.05) is 36.4 Å². The van der Waals surface area contributed by atoms with Gasteiger partial charge in [0.15, 0.2) is 10.9 Å². The van der Waals surface area contributed by atoms with Crippen molar-refractivity contribution in [2.45, 2.75) is 0 Å². The summed E-state index contributed by atoms with van der Waals surface area (Å²) in [5, 5.41) is 2.78. The molecule has 6 aromatic carbocycles. The van der Waals surface area contributed by atoms with Gasteiger partial charge >= 0.3 is 0 Å². The predicted octanol–water partition coefficient (Wildman–Crippen LogP) is 5.45. The average molecular weight is 356 g/mol. The smallest absolute Gasteiger partial charge is 0.195 e. The molecule has 1 aliphatic rings. The predicted molar refractivity (Wildman–Crippen MR) is 114 cm³/mol. The maximum Gasteiger partial charge on any atom is 0.195 e. The van der Waals surface area contributed by atoms with E-state index in [2.05, 4.69) is 36.4 Å². The van der Waals surface area contributed by atoms with E-state index in [0.717, 1.165) is 55.3 Å². The van der Waals surface area contributed by atoms with Gasteiger partial charge in [0, 0.05) is 32.7 Å². The molecule has 0 atom stereocenters. The summed E-state index contributed by atoms with van der Waals surface area (Å²) in [6.07, 6.45) is 0. The zero-order valence-corrected chi connectivity index (χ0v) is 14.7. The van der Waals surface area contributed by atoms with Gasteiger partial charge in [-0.2, -0.15) is 0 Å². The molecular formula is C26H12O2. The molecule has 0 N–H and O–H groups in total. The Balaban J connectivity index is 1.80. The Kier molecular flexibility index (Phi) is 2.32. The van der Waals surface area contributed by atoms with Crippen LogP contribution in [0.3, 0.4) is 0 Å². The second-order valence-electron chi connectivity index (χ2n) is 7.54. The number of hydrogen-bond acceptors (Lipinski definition) is 2. The molecule has 128 valence electrons. The van der Waals surface area contributed by atoms with Gasteiger partial charge in [-0.05, 0) is 33.4 Å². The zero-order valence-electron chi connectivity index (χ0n) is 14.7. The van der Waals surface area contributed by atoms with E-state index in [1.165, 1.54) is 0 Å². The van der Waals surface area contributed by atoms with Crippen molar-refractivity contribution in [2.24, 2.45) is 0 Å². The van der Waals surface area contributed by atoms with E-state index in [9.17, 15) is 9.59 Å². The monoisotopic (exact) mass is 356 g/mol. The topological polar surface area (TPSA) is 34.1 Å². The first-order valence-electron chi connectivity index (χ1n) is 9.39. The highest BCUT2D eigenvalue weighted by Gasteiger charge is 2.36. The molecule has 0 amide bonds. The summed E-state index contributed by atoms with van der Waals surface area (Å²) >= 11 is 0. The molecule has 0 saturated carbocycles. The van der Waals surface area contributed by atoms with Gasteiger partial charge in [-0.1, -0.05) is 72.8 Å². The first kappa shape index (κ1) is 14.3. The maximum atomic E-state index is 12.6. The van der Waals surface area contributed by atoms with Crippen molar-refractivity contribution < 1.29 is 0 Å². The summed E-state index contributed by atoms with van der Waals surface area (Å²) in [5.41, 5.74) is 8.49. The standard InChI is InChI=1S/C26H12O2/c27-25-21-19-17-11-5-3-9-15(17)13-7-1-2-8-14(13)16-10-4-6-12-18(16)20(19)22-24(23(21)25)26(22)28/h1-12H. The van der Waals surface area contributed by atoms with Crippen LogP contribution in [-0.4, -0.2) is 0 Å². The van der Waals surface area contributed by atoms with Gasteiger partial charge in [-0.3, -0.25) is 9.59 Å². The third kappa shape index (κ3) is 1.52. The first-order valence-corrected chi connectivity index (χ1v) is 9.39. The normalized spacial score (nSPS) is 12.6. The minimum absolute atomic E-state index is 0.0319. The number of hydrogen-bond donors (Lipinski definition) is 0. The van der Waals surface area contributed by atoms with Crippen LogP contribution in [0.4, 0.5) is 0 Å². The largest absolute Gasteiger partial charge is 0.289 e. The van der Waals surface area contributed by atoms with Crippen molar-refractivity contribution in [3.63, 3.8) is 0 Å². The molecule has 0 fully saturated rings. The van der Waals surface area contributed by atoms with E-state index in [4.69, 9.17) is 0 Å². The zero-order chi connectivity index (χ0) is 18.6. The minimum atomic E-state index is 0.0319. The first-order chi connectivity index (χ1) is 13.8. The van der Waals surface area contributed by atoms with Gasteiger partial charge in [-0.25, -0.2) is 0 Å². The van der Waals surface area contributed by atoms with Crippen molar-refractivity contribution in [1.82, 2.24) is 0 Å². The van der Waals surface area contributed by atoms with E-state index in [1.54, 1.807) is 0 Å². The Bertz CT molecular complexity index is 1520. The fraction of sp³-hybridized carbons (Fsp3) is 0. The van der Waals surface area contributed by atoms with E-state index in [-0.39, 0.29) is 10.9 Å². The van der Waals surface area contributed by atoms with Gasteiger partial charge in [0.25, 0.3) is 0 Å². The maximum absolute atomic E-state index is 12.6. The van der Waals surface area contributed by atoms with Gasteiger partial charge in [0.05, 0.1) is 0 Å². The molecule has 0 aromatic heterocycles. The lowest BCUT2D eigenvalue weighted by Gasteiger charge is -2.22. The molecule has 0 aliphatic heterocycles. The molecule has 2 nitrogen and oxygen atoms in total. The van der Waals surface area contributed by atoms with Crippen LogP contribution in [0.15, 0.2) is 82.4 Å². The molecule has 28 heavy (non-hydrogen) atoms. The molecule has 0 radical (unpaired) electrons. The lowest BCUT2D eigenvalue weighted by atomic mass is 9.81. The van der Waals surface area contributed by atoms with Crippen LogP contribution in [0.5, 0.6) is 0 Å². The SMILES string of the molecule is O=c1c2c3c(c4c(=O)c4c12)-c1ccccc1-c1ccccc1-c1ccccc1-3. The Labute approximate surface area is 159 Å². The summed E-state index contributed by atoms with van der Waals surface area (Å²) in [4.78, 5) is 25.3. The fourth-order valence-corrected chi connectivity index (χ4v) is 4.91. The Morgan fingerprint density at radius 3 is 1.00 bits per heavy atom. The highest BCUT2D eigenvalue weighted by molar-refractivity contribution is 6.34. The summed E-state index contributed by atoms with van der Waals surface area (Å²) < 4.78 is 0. The van der Waals surface area contributed by atoms with Crippen LogP contribution in [0.25, 0.3) is 66.1 Å². The van der Waals surface area contributed by atoms with Gasteiger partial charge < -0.3 is 0 Å². The number of benzene rings is 4. The Hall–Kier alpha value is -3.78. The van der Waals surface area contributed by atoms with E-state index in [0.29, 0.717) is 10.8 Å². The summed E-state index contributed by atoms with van der Waals surface area (Å²) in [7, 11) is 0. The summed E-state index contributed by atoms with van der Waals surface area (Å²) in [5.74, 6) is 0. The van der Waals surface area contributed by atoms with Crippen LogP contribution in [0.1, 0.15) is 0 Å². The molecule has 0 unspecified atom stereocenters. The molecule has 0 saturated heterocycles. The molecule has 0 spiro atoms. The Morgan fingerprint density at radius 1 is 0.357 bits per heavy atom. The quantitative estimate of drug-likeness (QED) is 0.362. The molecule has 0 heterocycles. The van der Waals surface area contributed by atoms with Crippen LogP contribution in [0.2, 0.25) is 0 Å². The molecule has 1 aliphatic carbocycles. The second-order valence-corrected chi connectivity index (χ2v) is 7.54. The Morgan fingerprint density at radius 2 is 0.643 bits per heavy atom. The second kappa shape index (κ2) is 4.55. The number of fused-ring (bicyclic) bond motifs is 13. The minimum Gasteiger partial charge on any atom is -0.289 e. The van der Waals surface area contributed by atoms with Crippen LogP contribution < -0.4 is 10.9 Å². The average Bonchev–Trinajstić information content (AvgIpc) is 3.61. The fourth-order valence-electron chi connectivity index (χ4n) is 4.91. The van der Waals surface area contributed by atoms with Crippen molar-refractivity contribution in [2.75, 3.05) is 0 Å². The van der Waals surface area contributed by atoms with Crippen LogP contribution >= 0.6 is 0 Å². The molecule has 7 rings (SSSR count). The highest BCUT2D eigenvalue weighted by Crippen LogP contribution is 2.53.